The number of piperazine rings is 1. The molecule has 2 aromatic carbocycles. The molecule has 1 aliphatic rings. The predicted octanol–water partition coefficient (Wildman–Crippen LogP) is 3.17. The number of nitrogens with zero attached hydrogens (tertiary/aromatic N) is 3. The first-order valence-corrected chi connectivity index (χ1v) is 9.12. The molecule has 5 nitrogen and oxygen atoms in total. The van der Waals surface area contributed by atoms with Gasteiger partial charge in [-0.15, -0.1) is 0 Å². The zero-order valence-corrected chi connectivity index (χ0v) is 15.3. The molecular weight excluding hydrogens is 343 g/mol. The summed E-state index contributed by atoms with van der Waals surface area (Å²) in [5.74, 6) is 0.671. The lowest BCUT2D eigenvalue weighted by Crippen LogP contribution is -2.45. The summed E-state index contributed by atoms with van der Waals surface area (Å²) in [7, 11) is 1.71. The van der Waals surface area contributed by atoms with Gasteiger partial charge in [0, 0.05) is 43.5 Å². The Morgan fingerprint density at radius 1 is 1.19 bits per heavy atom. The van der Waals surface area contributed by atoms with E-state index in [-0.39, 0.29) is 11.9 Å². The average Bonchev–Trinajstić information content (AvgIpc) is 3.17. The van der Waals surface area contributed by atoms with E-state index in [2.05, 4.69) is 27.4 Å². The Labute approximate surface area is 158 Å². The Morgan fingerprint density at radius 3 is 2.81 bits per heavy atom. The average molecular weight is 366 g/mol. The number of methoxy groups -OCH3 is 1. The Balaban J connectivity index is 1.54. The summed E-state index contributed by atoms with van der Waals surface area (Å²) >= 11 is 0. The van der Waals surface area contributed by atoms with Gasteiger partial charge in [-0.25, -0.2) is 9.07 Å². The van der Waals surface area contributed by atoms with Crippen molar-refractivity contribution in [1.29, 1.82) is 0 Å². The van der Waals surface area contributed by atoms with Gasteiger partial charge in [-0.05, 0) is 30.3 Å². The first kappa shape index (κ1) is 17.7. The zero-order chi connectivity index (χ0) is 18.6. The molecule has 27 heavy (non-hydrogen) atoms. The molecule has 0 bridgehead atoms. The molecule has 1 N–H and O–H groups in total. The molecule has 140 valence electrons. The maximum absolute atomic E-state index is 13.1. The monoisotopic (exact) mass is 366 g/mol. The van der Waals surface area contributed by atoms with E-state index in [0.29, 0.717) is 0 Å². The smallest absolute Gasteiger partial charge is 0.123 e. The standard InChI is InChI=1S/C21H23FN4O/c1-27-21-5-3-2-4-19(21)20-13-23-10-11-25(20)14-16-12-24-26(15-16)18-8-6-17(22)7-9-18/h2-9,12,15,20,23H,10-11,13-14H2,1H3. The molecule has 0 saturated carbocycles. The second-order valence-corrected chi connectivity index (χ2v) is 6.70. The molecular formula is C21H23FN4O. The van der Waals surface area contributed by atoms with E-state index < -0.39 is 0 Å². The number of hydrogen-bond donors (Lipinski definition) is 1. The summed E-state index contributed by atoms with van der Waals surface area (Å²) in [4.78, 5) is 2.44. The van der Waals surface area contributed by atoms with Crippen molar-refractivity contribution in [3.63, 3.8) is 0 Å². The van der Waals surface area contributed by atoms with Crippen LogP contribution in [0.3, 0.4) is 0 Å². The third-order valence-corrected chi connectivity index (χ3v) is 4.97. The van der Waals surface area contributed by atoms with Crippen molar-refractivity contribution >= 4 is 0 Å². The number of rotatable bonds is 5. The van der Waals surface area contributed by atoms with Crippen LogP contribution in [0.15, 0.2) is 60.9 Å². The first-order chi connectivity index (χ1) is 13.2. The van der Waals surface area contributed by atoms with E-state index in [0.717, 1.165) is 43.2 Å². The normalized spacial score (nSPS) is 17.8. The van der Waals surface area contributed by atoms with Gasteiger partial charge in [0.1, 0.15) is 11.6 Å². The lowest BCUT2D eigenvalue weighted by atomic mass is 10.0. The second kappa shape index (κ2) is 7.90. The van der Waals surface area contributed by atoms with Crippen LogP contribution in [0.5, 0.6) is 5.75 Å². The quantitative estimate of drug-likeness (QED) is 0.753. The number of halogens is 1. The van der Waals surface area contributed by atoms with E-state index in [9.17, 15) is 4.39 Å². The first-order valence-electron chi connectivity index (χ1n) is 9.12. The lowest BCUT2D eigenvalue weighted by molar-refractivity contribution is 0.151. The molecule has 0 amide bonds. The molecule has 4 rings (SSSR count). The van der Waals surface area contributed by atoms with Crippen LogP contribution in [0.4, 0.5) is 4.39 Å². The van der Waals surface area contributed by atoms with Crippen molar-refractivity contribution in [2.24, 2.45) is 0 Å². The van der Waals surface area contributed by atoms with Crippen LogP contribution >= 0.6 is 0 Å². The van der Waals surface area contributed by atoms with Crippen molar-refractivity contribution in [2.75, 3.05) is 26.7 Å². The highest BCUT2D eigenvalue weighted by molar-refractivity contribution is 5.37. The van der Waals surface area contributed by atoms with Crippen molar-refractivity contribution < 1.29 is 9.13 Å². The fourth-order valence-electron chi connectivity index (χ4n) is 3.60. The van der Waals surface area contributed by atoms with E-state index in [1.165, 1.54) is 17.7 Å². The minimum atomic E-state index is -0.244. The van der Waals surface area contributed by atoms with Crippen molar-refractivity contribution in [3.8, 4) is 11.4 Å². The molecule has 1 saturated heterocycles. The van der Waals surface area contributed by atoms with E-state index in [1.807, 2.05) is 24.5 Å². The summed E-state index contributed by atoms with van der Waals surface area (Å²) in [5, 5.41) is 7.92. The van der Waals surface area contributed by atoms with Gasteiger partial charge in [0.2, 0.25) is 0 Å². The summed E-state index contributed by atoms with van der Waals surface area (Å²) in [6.45, 7) is 3.58. The molecule has 1 atom stereocenters. The number of aromatic nitrogens is 2. The molecule has 1 aromatic heterocycles. The number of nitrogens with one attached hydrogen (secondary N) is 1. The third-order valence-electron chi connectivity index (χ3n) is 4.97. The van der Waals surface area contributed by atoms with Gasteiger partial charge in [-0.3, -0.25) is 4.90 Å². The maximum atomic E-state index is 13.1. The summed E-state index contributed by atoms with van der Waals surface area (Å²) < 4.78 is 20.5. The number of para-hydroxylation sites is 1. The van der Waals surface area contributed by atoms with Gasteiger partial charge in [-0.1, -0.05) is 18.2 Å². The van der Waals surface area contributed by atoms with E-state index in [4.69, 9.17) is 4.74 Å². The zero-order valence-electron chi connectivity index (χ0n) is 15.3. The largest absolute Gasteiger partial charge is 0.496 e. The Hall–Kier alpha value is -2.70. The van der Waals surface area contributed by atoms with Crippen LogP contribution in [-0.4, -0.2) is 41.4 Å². The molecule has 2 heterocycles. The number of benzene rings is 2. The van der Waals surface area contributed by atoms with Gasteiger partial charge in [0.15, 0.2) is 0 Å². The second-order valence-electron chi connectivity index (χ2n) is 6.70. The minimum absolute atomic E-state index is 0.240. The summed E-state index contributed by atoms with van der Waals surface area (Å²) in [5.41, 5.74) is 3.17. The van der Waals surface area contributed by atoms with Crippen molar-refractivity contribution in [1.82, 2.24) is 20.0 Å². The van der Waals surface area contributed by atoms with Crippen LogP contribution < -0.4 is 10.1 Å². The number of ether oxygens (including phenoxy) is 1. The highest BCUT2D eigenvalue weighted by Crippen LogP contribution is 2.31. The van der Waals surface area contributed by atoms with E-state index in [1.54, 1.807) is 23.9 Å². The van der Waals surface area contributed by atoms with Gasteiger partial charge in [0.05, 0.1) is 25.0 Å². The number of hydrogen-bond acceptors (Lipinski definition) is 4. The molecule has 1 unspecified atom stereocenters. The predicted molar refractivity (Wildman–Crippen MR) is 103 cm³/mol. The molecule has 6 heteroatoms. The summed E-state index contributed by atoms with van der Waals surface area (Å²) in [6.07, 6.45) is 3.89. The molecule has 0 radical (unpaired) electrons. The fraction of sp³-hybridized carbons (Fsp3) is 0.286. The Bertz CT molecular complexity index is 893. The Kier molecular flexibility index (Phi) is 5.18. The highest BCUT2D eigenvalue weighted by atomic mass is 19.1. The molecule has 3 aromatic rings. The van der Waals surface area contributed by atoms with Gasteiger partial charge in [0.25, 0.3) is 0 Å². The van der Waals surface area contributed by atoms with Crippen LogP contribution in [0, 0.1) is 5.82 Å². The van der Waals surface area contributed by atoms with E-state index >= 15 is 0 Å². The molecule has 0 aliphatic carbocycles. The van der Waals surface area contributed by atoms with Crippen LogP contribution in [0.1, 0.15) is 17.2 Å². The highest BCUT2D eigenvalue weighted by Gasteiger charge is 2.26. The molecule has 0 spiro atoms. The van der Waals surface area contributed by atoms with Gasteiger partial charge < -0.3 is 10.1 Å². The fourth-order valence-corrected chi connectivity index (χ4v) is 3.60. The van der Waals surface area contributed by atoms with Gasteiger partial charge in [-0.2, -0.15) is 5.10 Å². The van der Waals surface area contributed by atoms with Crippen LogP contribution in [-0.2, 0) is 6.54 Å². The molecule has 1 aliphatic heterocycles. The van der Waals surface area contributed by atoms with Crippen LogP contribution in [0.2, 0.25) is 0 Å². The maximum Gasteiger partial charge on any atom is 0.123 e. The van der Waals surface area contributed by atoms with Gasteiger partial charge >= 0.3 is 0 Å². The van der Waals surface area contributed by atoms with Crippen molar-refractivity contribution in [2.45, 2.75) is 12.6 Å². The topological polar surface area (TPSA) is 42.3 Å². The summed E-state index contributed by atoms with van der Waals surface area (Å²) in [6, 6.07) is 14.8. The third kappa shape index (κ3) is 3.86. The van der Waals surface area contributed by atoms with Crippen molar-refractivity contribution in [3.05, 3.63) is 77.9 Å². The Morgan fingerprint density at radius 2 is 2.00 bits per heavy atom. The lowest BCUT2D eigenvalue weighted by Gasteiger charge is -2.36. The molecule has 1 fully saturated rings. The van der Waals surface area contributed by atoms with Crippen LogP contribution in [0.25, 0.3) is 5.69 Å². The SMILES string of the molecule is COc1ccccc1C1CNCCN1Cc1cnn(-c2ccc(F)cc2)c1. The minimum Gasteiger partial charge on any atom is -0.496 e.